The highest BCUT2D eigenvalue weighted by Gasteiger charge is 2.08. The van der Waals surface area contributed by atoms with Crippen LogP contribution < -0.4 is 14.8 Å². The number of carbonyl (C=O) groups is 1. The minimum absolute atomic E-state index is 0.287. The number of ether oxygens (including phenoxy) is 2. The Labute approximate surface area is 141 Å². The second-order valence-electron chi connectivity index (χ2n) is 5.16. The zero-order valence-corrected chi connectivity index (χ0v) is 14.0. The highest BCUT2D eigenvalue weighted by Crippen LogP contribution is 2.28. The summed E-state index contributed by atoms with van der Waals surface area (Å²) in [6.07, 6.45) is 0.646. The number of hydrogen-bond donors (Lipinski definition) is 1. The molecule has 0 unspecified atom stereocenters. The van der Waals surface area contributed by atoms with Gasteiger partial charge in [-0.2, -0.15) is 0 Å². The third kappa shape index (κ3) is 4.98. The third-order valence-corrected chi connectivity index (χ3v) is 3.39. The summed E-state index contributed by atoms with van der Waals surface area (Å²) in [7, 11) is 0. The lowest BCUT2D eigenvalue weighted by atomic mass is 10.1. The fourth-order valence-electron chi connectivity index (χ4n) is 2.30. The Bertz CT molecular complexity index is 688. The first-order chi connectivity index (χ1) is 11.6. The molecule has 1 N–H and O–H groups in total. The minimum atomic E-state index is -0.421. The van der Waals surface area contributed by atoms with Crippen LogP contribution in [-0.2, 0) is 6.42 Å². The molecular formula is C19H22FNO3. The maximum Gasteiger partial charge on any atom is 0.251 e. The molecule has 5 heteroatoms. The molecule has 0 spiro atoms. The molecular weight excluding hydrogens is 309 g/mol. The van der Waals surface area contributed by atoms with Gasteiger partial charge in [-0.25, -0.2) is 4.39 Å². The highest BCUT2D eigenvalue weighted by molar-refractivity contribution is 5.94. The van der Waals surface area contributed by atoms with E-state index in [2.05, 4.69) is 5.32 Å². The van der Waals surface area contributed by atoms with Crippen molar-refractivity contribution in [3.63, 3.8) is 0 Å². The van der Waals surface area contributed by atoms with Gasteiger partial charge >= 0.3 is 0 Å². The number of rotatable bonds is 8. The molecule has 0 saturated carbocycles. The Hall–Kier alpha value is -2.56. The molecule has 0 aromatic heterocycles. The van der Waals surface area contributed by atoms with E-state index in [1.54, 1.807) is 6.07 Å². The summed E-state index contributed by atoms with van der Waals surface area (Å²) < 4.78 is 24.2. The summed E-state index contributed by atoms with van der Waals surface area (Å²) in [5, 5.41) is 2.79. The molecule has 0 atom stereocenters. The van der Waals surface area contributed by atoms with Crippen molar-refractivity contribution in [2.45, 2.75) is 20.3 Å². The predicted molar refractivity (Wildman–Crippen MR) is 91.2 cm³/mol. The van der Waals surface area contributed by atoms with Crippen LogP contribution >= 0.6 is 0 Å². The fourth-order valence-corrected chi connectivity index (χ4v) is 2.30. The maximum atomic E-state index is 13.1. The van der Waals surface area contributed by atoms with Gasteiger partial charge in [0, 0.05) is 12.1 Å². The molecule has 0 aliphatic rings. The normalized spacial score (nSPS) is 10.3. The van der Waals surface area contributed by atoms with Crippen molar-refractivity contribution in [2.75, 3.05) is 19.8 Å². The van der Waals surface area contributed by atoms with Gasteiger partial charge < -0.3 is 14.8 Å². The van der Waals surface area contributed by atoms with E-state index < -0.39 is 5.82 Å². The van der Waals surface area contributed by atoms with E-state index in [1.807, 2.05) is 32.0 Å². The highest BCUT2D eigenvalue weighted by atomic mass is 19.1. The summed E-state index contributed by atoms with van der Waals surface area (Å²) in [5.74, 6) is 0.709. The third-order valence-electron chi connectivity index (χ3n) is 3.39. The number of benzene rings is 2. The van der Waals surface area contributed by atoms with Crippen molar-refractivity contribution >= 4 is 5.91 Å². The van der Waals surface area contributed by atoms with Crippen LogP contribution in [-0.4, -0.2) is 25.7 Å². The smallest absolute Gasteiger partial charge is 0.251 e. The largest absolute Gasteiger partial charge is 0.490 e. The SMILES string of the molecule is CCOc1ccc(CCNC(=O)c2cccc(F)c2)cc1OCC. The van der Waals surface area contributed by atoms with E-state index in [9.17, 15) is 9.18 Å². The van der Waals surface area contributed by atoms with Gasteiger partial charge in [0.1, 0.15) is 5.82 Å². The van der Waals surface area contributed by atoms with E-state index >= 15 is 0 Å². The van der Waals surface area contributed by atoms with Gasteiger partial charge in [-0.15, -0.1) is 0 Å². The number of carbonyl (C=O) groups excluding carboxylic acids is 1. The molecule has 128 valence electrons. The molecule has 0 bridgehead atoms. The lowest BCUT2D eigenvalue weighted by Crippen LogP contribution is -2.25. The zero-order chi connectivity index (χ0) is 17.4. The van der Waals surface area contributed by atoms with Crippen LogP contribution in [0.2, 0.25) is 0 Å². The number of amides is 1. The van der Waals surface area contributed by atoms with Crippen LogP contribution in [0.15, 0.2) is 42.5 Å². The Balaban J connectivity index is 1.94. The van der Waals surface area contributed by atoms with Gasteiger partial charge in [-0.3, -0.25) is 4.79 Å². The number of halogens is 1. The fraction of sp³-hybridized carbons (Fsp3) is 0.316. The second kappa shape index (κ2) is 8.91. The molecule has 24 heavy (non-hydrogen) atoms. The predicted octanol–water partition coefficient (Wildman–Crippen LogP) is 3.60. The lowest BCUT2D eigenvalue weighted by Gasteiger charge is -2.12. The second-order valence-corrected chi connectivity index (χ2v) is 5.16. The number of nitrogens with one attached hydrogen (secondary N) is 1. The summed E-state index contributed by atoms with van der Waals surface area (Å²) >= 11 is 0. The molecule has 0 aliphatic heterocycles. The molecule has 0 heterocycles. The first kappa shape index (κ1) is 17.8. The lowest BCUT2D eigenvalue weighted by molar-refractivity contribution is 0.0953. The Morgan fingerprint density at radius 3 is 2.50 bits per heavy atom. The summed E-state index contributed by atoms with van der Waals surface area (Å²) in [6.45, 7) is 5.42. The summed E-state index contributed by atoms with van der Waals surface area (Å²) in [4.78, 5) is 12.0. The summed E-state index contributed by atoms with van der Waals surface area (Å²) in [6, 6.07) is 11.4. The zero-order valence-electron chi connectivity index (χ0n) is 14.0. The van der Waals surface area contributed by atoms with Gasteiger partial charge in [0.2, 0.25) is 0 Å². The van der Waals surface area contributed by atoms with Crippen molar-refractivity contribution in [2.24, 2.45) is 0 Å². The molecule has 2 aromatic rings. The van der Waals surface area contributed by atoms with Crippen molar-refractivity contribution in [3.05, 3.63) is 59.4 Å². The first-order valence-corrected chi connectivity index (χ1v) is 8.06. The molecule has 2 rings (SSSR count). The molecule has 0 radical (unpaired) electrons. The molecule has 2 aromatic carbocycles. The van der Waals surface area contributed by atoms with Crippen molar-refractivity contribution in [3.8, 4) is 11.5 Å². The van der Waals surface area contributed by atoms with Crippen molar-refractivity contribution in [1.29, 1.82) is 0 Å². The number of hydrogen-bond acceptors (Lipinski definition) is 3. The summed E-state index contributed by atoms with van der Waals surface area (Å²) in [5.41, 5.74) is 1.35. The average molecular weight is 331 g/mol. The Kier molecular flexibility index (Phi) is 6.61. The standard InChI is InChI=1S/C19H22FNO3/c1-3-23-17-9-8-14(12-18(17)24-4-2)10-11-21-19(22)15-6-5-7-16(20)13-15/h5-9,12-13H,3-4,10-11H2,1-2H3,(H,21,22). The molecule has 1 amide bonds. The monoisotopic (exact) mass is 331 g/mol. The van der Waals surface area contributed by atoms with Crippen molar-refractivity contribution < 1.29 is 18.7 Å². The Morgan fingerprint density at radius 2 is 1.79 bits per heavy atom. The maximum absolute atomic E-state index is 13.1. The van der Waals surface area contributed by atoms with E-state index in [0.717, 1.165) is 5.56 Å². The van der Waals surface area contributed by atoms with Crippen LogP contribution in [0.3, 0.4) is 0 Å². The molecule has 0 fully saturated rings. The van der Waals surface area contributed by atoms with Crippen LogP contribution in [0.5, 0.6) is 11.5 Å². The quantitative estimate of drug-likeness (QED) is 0.804. The van der Waals surface area contributed by atoms with E-state index in [1.165, 1.54) is 18.2 Å². The van der Waals surface area contributed by atoms with Gasteiger partial charge in [0.05, 0.1) is 13.2 Å². The van der Waals surface area contributed by atoms with Gasteiger partial charge in [0.25, 0.3) is 5.91 Å². The molecule has 0 saturated heterocycles. The van der Waals surface area contributed by atoms with E-state index in [0.29, 0.717) is 43.2 Å². The Morgan fingerprint density at radius 1 is 1.04 bits per heavy atom. The molecule has 0 aliphatic carbocycles. The van der Waals surface area contributed by atoms with E-state index in [-0.39, 0.29) is 5.91 Å². The van der Waals surface area contributed by atoms with Crippen LogP contribution in [0.25, 0.3) is 0 Å². The van der Waals surface area contributed by atoms with Crippen LogP contribution in [0.4, 0.5) is 4.39 Å². The van der Waals surface area contributed by atoms with E-state index in [4.69, 9.17) is 9.47 Å². The minimum Gasteiger partial charge on any atom is -0.490 e. The van der Waals surface area contributed by atoms with Gasteiger partial charge in [-0.05, 0) is 56.2 Å². The van der Waals surface area contributed by atoms with Crippen molar-refractivity contribution in [1.82, 2.24) is 5.32 Å². The van der Waals surface area contributed by atoms with Gasteiger partial charge in [0.15, 0.2) is 11.5 Å². The first-order valence-electron chi connectivity index (χ1n) is 8.06. The van der Waals surface area contributed by atoms with Crippen LogP contribution in [0.1, 0.15) is 29.8 Å². The van der Waals surface area contributed by atoms with Crippen LogP contribution in [0, 0.1) is 5.82 Å². The molecule has 4 nitrogen and oxygen atoms in total. The average Bonchev–Trinajstić information content (AvgIpc) is 2.57. The van der Waals surface area contributed by atoms with Gasteiger partial charge in [-0.1, -0.05) is 12.1 Å². The topological polar surface area (TPSA) is 47.6 Å².